The van der Waals surface area contributed by atoms with Gasteiger partial charge in [0.25, 0.3) is 0 Å². The highest BCUT2D eigenvalue weighted by molar-refractivity contribution is 7.88. The van der Waals surface area contributed by atoms with Gasteiger partial charge in [0.05, 0.1) is 6.26 Å². The van der Waals surface area contributed by atoms with Crippen molar-refractivity contribution in [1.29, 1.82) is 0 Å². The first-order chi connectivity index (χ1) is 8.83. The summed E-state index contributed by atoms with van der Waals surface area (Å²) in [5.74, 6) is -0.133. The second-order valence-corrected chi connectivity index (χ2v) is 6.04. The standard InChI is InChI=1S/C11H24N4O3S/c1-10(2)11(16)14-8-6-12-4-5-13-7-9-15-19(3,17)18/h12-13,15H,1,4-9H2,2-3H3,(H,14,16). The van der Waals surface area contributed by atoms with Crippen LogP contribution in [-0.4, -0.2) is 59.8 Å². The van der Waals surface area contributed by atoms with Crippen LogP contribution in [-0.2, 0) is 14.8 Å². The zero-order chi connectivity index (χ0) is 14.7. The van der Waals surface area contributed by atoms with E-state index in [1.807, 2.05) is 0 Å². The minimum Gasteiger partial charge on any atom is -0.351 e. The van der Waals surface area contributed by atoms with Gasteiger partial charge < -0.3 is 16.0 Å². The van der Waals surface area contributed by atoms with E-state index in [9.17, 15) is 13.2 Å². The van der Waals surface area contributed by atoms with Crippen molar-refractivity contribution in [2.75, 3.05) is 45.5 Å². The van der Waals surface area contributed by atoms with E-state index in [0.717, 1.165) is 19.3 Å². The lowest BCUT2D eigenvalue weighted by Crippen LogP contribution is -2.37. The first kappa shape index (κ1) is 18.0. The van der Waals surface area contributed by atoms with Crippen LogP contribution in [0.5, 0.6) is 0 Å². The summed E-state index contributed by atoms with van der Waals surface area (Å²) in [7, 11) is -3.10. The van der Waals surface area contributed by atoms with Crippen LogP contribution in [0, 0.1) is 0 Å². The second-order valence-electron chi connectivity index (χ2n) is 4.20. The Labute approximate surface area is 115 Å². The van der Waals surface area contributed by atoms with Crippen molar-refractivity contribution >= 4 is 15.9 Å². The zero-order valence-electron chi connectivity index (χ0n) is 11.6. The molecular weight excluding hydrogens is 268 g/mol. The van der Waals surface area contributed by atoms with Crippen molar-refractivity contribution in [1.82, 2.24) is 20.7 Å². The van der Waals surface area contributed by atoms with Gasteiger partial charge in [0.15, 0.2) is 0 Å². The Morgan fingerprint density at radius 2 is 1.47 bits per heavy atom. The van der Waals surface area contributed by atoms with Crippen LogP contribution in [0.3, 0.4) is 0 Å². The molecule has 0 aromatic rings. The highest BCUT2D eigenvalue weighted by Gasteiger charge is 1.99. The van der Waals surface area contributed by atoms with E-state index in [2.05, 4.69) is 27.3 Å². The third-order valence-electron chi connectivity index (χ3n) is 2.12. The highest BCUT2D eigenvalue weighted by Crippen LogP contribution is 1.83. The van der Waals surface area contributed by atoms with E-state index in [-0.39, 0.29) is 5.91 Å². The second kappa shape index (κ2) is 9.90. The van der Waals surface area contributed by atoms with Crippen LogP contribution in [0.25, 0.3) is 0 Å². The number of carbonyl (C=O) groups excluding carboxylic acids is 1. The van der Waals surface area contributed by atoms with Gasteiger partial charge in [0, 0.05) is 44.8 Å². The summed E-state index contributed by atoms with van der Waals surface area (Å²) < 4.78 is 23.9. The van der Waals surface area contributed by atoms with Gasteiger partial charge in [0.2, 0.25) is 15.9 Å². The molecule has 0 heterocycles. The maximum atomic E-state index is 11.1. The summed E-state index contributed by atoms with van der Waals surface area (Å²) in [5.41, 5.74) is 0.500. The SMILES string of the molecule is C=C(C)C(=O)NCCNCCNCCNS(C)(=O)=O. The minimum atomic E-state index is -3.10. The summed E-state index contributed by atoms with van der Waals surface area (Å²) in [6.45, 7) is 8.90. The molecule has 7 nitrogen and oxygen atoms in total. The first-order valence-corrected chi connectivity index (χ1v) is 8.02. The molecule has 4 N–H and O–H groups in total. The van der Waals surface area contributed by atoms with Crippen molar-refractivity contribution < 1.29 is 13.2 Å². The number of rotatable bonds is 11. The average molecular weight is 292 g/mol. The fraction of sp³-hybridized carbons (Fsp3) is 0.727. The average Bonchev–Trinajstić information content (AvgIpc) is 2.29. The van der Waals surface area contributed by atoms with Crippen molar-refractivity contribution in [3.8, 4) is 0 Å². The summed E-state index contributed by atoms with van der Waals surface area (Å²) in [6, 6.07) is 0. The maximum absolute atomic E-state index is 11.1. The number of nitrogens with one attached hydrogen (secondary N) is 4. The van der Waals surface area contributed by atoms with Gasteiger partial charge in [-0.05, 0) is 6.92 Å². The van der Waals surface area contributed by atoms with Gasteiger partial charge in [-0.25, -0.2) is 13.1 Å². The number of hydrogen-bond donors (Lipinski definition) is 4. The maximum Gasteiger partial charge on any atom is 0.246 e. The van der Waals surface area contributed by atoms with Gasteiger partial charge in [0.1, 0.15) is 0 Å². The molecule has 8 heteroatoms. The predicted molar refractivity (Wildman–Crippen MR) is 76.4 cm³/mol. The topological polar surface area (TPSA) is 99.3 Å². The monoisotopic (exact) mass is 292 g/mol. The first-order valence-electron chi connectivity index (χ1n) is 6.12. The molecule has 0 saturated carbocycles. The Bertz CT molecular complexity index is 381. The molecule has 0 radical (unpaired) electrons. The van der Waals surface area contributed by atoms with E-state index < -0.39 is 10.0 Å². The minimum absolute atomic E-state index is 0.133. The van der Waals surface area contributed by atoms with Gasteiger partial charge in [-0.15, -0.1) is 0 Å². The van der Waals surface area contributed by atoms with Crippen LogP contribution < -0.4 is 20.7 Å². The molecule has 0 rings (SSSR count). The number of sulfonamides is 1. The van der Waals surface area contributed by atoms with Crippen molar-refractivity contribution in [2.24, 2.45) is 0 Å². The van der Waals surface area contributed by atoms with E-state index in [0.29, 0.717) is 31.8 Å². The predicted octanol–water partition coefficient (Wildman–Crippen LogP) is -1.59. The lowest BCUT2D eigenvalue weighted by molar-refractivity contribution is -0.117. The summed E-state index contributed by atoms with van der Waals surface area (Å²) in [6.07, 6.45) is 1.13. The normalized spacial score (nSPS) is 11.3. The zero-order valence-corrected chi connectivity index (χ0v) is 12.4. The molecule has 0 saturated heterocycles. The number of amides is 1. The third-order valence-corrected chi connectivity index (χ3v) is 2.85. The molecule has 0 aliphatic carbocycles. The quantitative estimate of drug-likeness (QED) is 0.272. The molecule has 0 aromatic carbocycles. The van der Waals surface area contributed by atoms with Gasteiger partial charge in [-0.3, -0.25) is 4.79 Å². The number of carbonyl (C=O) groups is 1. The molecule has 0 aromatic heterocycles. The molecule has 0 atom stereocenters. The van der Waals surface area contributed by atoms with Crippen LogP contribution in [0.15, 0.2) is 12.2 Å². The van der Waals surface area contributed by atoms with Crippen molar-refractivity contribution in [3.63, 3.8) is 0 Å². The van der Waals surface area contributed by atoms with E-state index >= 15 is 0 Å². The van der Waals surface area contributed by atoms with Crippen LogP contribution in [0.2, 0.25) is 0 Å². The Morgan fingerprint density at radius 1 is 1.00 bits per heavy atom. The Hall–Kier alpha value is -0.960. The molecule has 0 spiro atoms. The van der Waals surface area contributed by atoms with Crippen LogP contribution >= 0.6 is 0 Å². The fourth-order valence-electron chi connectivity index (χ4n) is 1.17. The summed E-state index contributed by atoms with van der Waals surface area (Å²) >= 11 is 0. The molecular formula is C11H24N4O3S. The molecule has 112 valence electrons. The van der Waals surface area contributed by atoms with Crippen molar-refractivity contribution in [3.05, 3.63) is 12.2 Å². The summed E-state index contributed by atoms with van der Waals surface area (Å²) in [4.78, 5) is 11.1. The fourth-order valence-corrected chi connectivity index (χ4v) is 1.64. The van der Waals surface area contributed by atoms with E-state index in [1.165, 1.54) is 0 Å². The van der Waals surface area contributed by atoms with Crippen molar-refractivity contribution in [2.45, 2.75) is 6.92 Å². The van der Waals surface area contributed by atoms with Gasteiger partial charge in [-0.1, -0.05) is 6.58 Å². The van der Waals surface area contributed by atoms with Gasteiger partial charge >= 0.3 is 0 Å². The lowest BCUT2D eigenvalue weighted by atomic mass is 10.3. The molecule has 0 fully saturated rings. The molecule has 0 aliphatic heterocycles. The van der Waals surface area contributed by atoms with Crippen LogP contribution in [0.1, 0.15) is 6.92 Å². The molecule has 19 heavy (non-hydrogen) atoms. The molecule has 0 bridgehead atoms. The summed E-state index contributed by atoms with van der Waals surface area (Å²) in [5, 5.41) is 8.94. The molecule has 1 amide bonds. The molecule has 0 aliphatic rings. The van der Waals surface area contributed by atoms with E-state index in [1.54, 1.807) is 6.92 Å². The smallest absolute Gasteiger partial charge is 0.246 e. The third kappa shape index (κ3) is 13.3. The highest BCUT2D eigenvalue weighted by atomic mass is 32.2. The van der Waals surface area contributed by atoms with E-state index in [4.69, 9.17) is 0 Å². The molecule has 0 unspecified atom stereocenters. The largest absolute Gasteiger partial charge is 0.351 e. The Balaban J connectivity index is 3.24. The lowest BCUT2D eigenvalue weighted by Gasteiger charge is -2.08. The Kier molecular flexibility index (Phi) is 9.40. The Morgan fingerprint density at radius 3 is 1.95 bits per heavy atom. The number of hydrogen-bond acceptors (Lipinski definition) is 5. The van der Waals surface area contributed by atoms with Crippen LogP contribution in [0.4, 0.5) is 0 Å². The van der Waals surface area contributed by atoms with Gasteiger partial charge in [-0.2, -0.15) is 0 Å².